The second-order valence-electron chi connectivity index (χ2n) is 2.18. The average Bonchev–Trinajstić information content (AvgIpc) is 2.16. The first kappa shape index (κ1) is 8.34. The number of rotatable bonds is 2. The van der Waals surface area contributed by atoms with Crippen LogP contribution in [-0.4, -0.2) is 0 Å². The van der Waals surface area contributed by atoms with Crippen molar-refractivity contribution in [3.05, 3.63) is 34.2 Å². The molecule has 4 heteroatoms. The van der Waals surface area contributed by atoms with Gasteiger partial charge in [-0.3, -0.25) is 0 Å². The van der Waals surface area contributed by atoms with Crippen LogP contribution in [0.2, 0.25) is 0 Å². The van der Waals surface area contributed by atoms with Crippen LogP contribution in [0.4, 0.5) is 10.1 Å². The number of nitriles is 1. The van der Waals surface area contributed by atoms with E-state index in [1.165, 1.54) is 18.2 Å². The Hall–Kier alpha value is -1.76. The molecule has 0 aliphatic heterocycles. The number of nitrogens with zero attached hydrogens (tertiary/aromatic N) is 2. The summed E-state index contributed by atoms with van der Waals surface area (Å²) in [4.78, 5) is 10.0. The summed E-state index contributed by atoms with van der Waals surface area (Å²) in [5, 5.41) is 11.1. The van der Waals surface area contributed by atoms with Gasteiger partial charge >= 0.3 is 0 Å². The van der Waals surface area contributed by atoms with Crippen molar-refractivity contribution in [1.82, 2.24) is 0 Å². The maximum atomic E-state index is 12.2. The van der Waals surface area contributed by atoms with E-state index in [0.29, 0.717) is 0 Å². The van der Waals surface area contributed by atoms with Crippen molar-refractivity contribution in [2.75, 3.05) is 0 Å². The van der Waals surface area contributed by atoms with Gasteiger partial charge in [-0.2, -0.15) is 5.26 Å². The van der Waals surface area contributed by atoms with Crippen LogP contribution in [0.5, 0.6) is 0 Å². The lowest BCUT2D eigenvalue weighted by atomic mass is 10.1. The first-order valence-electron chi connectivity index (χ1n) is 3.24. The fourth-order valence-electron chi connectivity index (χ4n) is 0.857. The van der Waals surface area contributed by atoms with Gasteiger partial charge < -0.3 is 0 Å². The Balaban J connectivity index is 3.21. The molecule has 60 valence electrons. The number of alkyl halides is 1. The van der Waals surface area contributed by atoms with Gasteiger partial charge in [-0.15, -0.1) is 4.91 Å². The van der Waals surface area contributed by atoms with Crippen LogP contribution in [0, 0.1) is 16.2 Å². The molecule has 0 heterocycles. The number of nitroso groups, excluding NO2 is 1. The molecule has 3 nitrogen and oxygen atoms in total. The van der Waals surface area contributed by atoms with Gasteiger partial charge in [0.15, 0.2) is 0 Å². The van der Waals surface area contributed by atoms with Gasteiger partial charge in [0.1, 0.15) is 12.4 Å². The molecule has 1 rings (SSSR count). The Morgan fingerprint density at radius 3 is 2.83 bits per heavy atom. The minimum atomic E-state index is -0.758. The highest BCUT2D eigenvalue weighted by Gasteiger charge is 2.02. The smallest absolute Gasteiger partial charge is 0.116 e. The number of benzene rings is 1. The Morgan fingerprint density at radius 1 is 1.58 bits per heavy atom. The molecule has 0 N–H and O–H groups in total. The van der Waals surface area contributed by atoms with Crippen LogP contribution >= 0.6 is 0 Å². The molecular weight excluding hydrogens is 159 g/mol. The van der Waals surface area contributed by atoms with E-state index >= 15 is 0 Å². The Kier molecular flexibility index (Phi) is 2.49. The normalized spacial score (nSPS) is 9.00. The van der Waals surface area contributed by atoms with Gasteiger partial charge in [0.2, 0.25) is 0 Å². The highest BCUT2D eigenvalue weighted by molar-refractivity contribution is 5.48. The molecule has 0 spiro atoms. The van der Waals surface area contributed by atoms with Crippen LogP contribution in [-0.2, 0) is 6.67 Å². The maximum absolute atomic E-state index is 12.2. The highest BCUT2D eigenvalue weighted by Crippen LogP contribution is 2.18. The van der Waals surface area contributed by atoms with E-state index in [0.717, 1.165) is 0 Å². The Labute approximate surface area is 68.4 Å². The summed E-state index contributed by atoms with van der Waals surface area (Å²) in [5.74, 6) is 0. The molecule has 12 heavy (non-hydrogen) atoms. The predicted octanol–water partition coefficient (Wildman–Crippen LogP) is 2.43. The SMILES string of the molecule is N#Cc1ccc(N=O)cc1CF. The minimum Gasteiger partial charge on any atom is -0.246 e. The van der Waals surface area contributed by atoms with E-state index in [4.69, 9.17) is 5.26 Å². The van der Waals surface area contributed by atoms with Gasteiger partial charge in [-0.1, -0.05) is 0 Å². The van der Waals surface area contributed by atoms with E-state index in [1.54, 1.807) is 0 Å². The standard InChI is InChI=1S/C8H5FN2O/c9-4-7-3-8(11-12)2-1-6(7)5-10/h1-3H,4H2. The molecule has 0 aliphatic carbocycles. The summed E-state index contributed by atoms with van der Waals surface area (Å²) in [6.07, 6.45) is 0. The molecule has 0 fully saturated rings. The lowest BCUT2D eigenvalue weighted by Gasteiger charge is -1.97. The van der Waals surface area contributed by atoms with Crippen molar-refractivity contribution in [3.63, 3.8) is 0 Å². The minimum absolute atomic E-state index is 0.140. The number of hydrogen-bond acceptors (Lipinski definition) is 3. The topological polar surface area (TPSA) is 53.2 Å². The van der Waals surface area contributed by atoms with Gasteiger partial charge in [0.25, 0.3) is 0 Å². The van der Waals surface area contributed by atoms with Crippen LogP contribution in [0.1, 0.15) is 11.1 Å². The molecule has 0 aromatic heterocycles. The summed E-state index contributed by atoms with van der Waals surface area (Å²) in [6.45, 7) is -0.758. The molecule has 0 atom stereocenters. The molecule has 0 amide bonds. The summed E-state index contributed by atoms with van der Waals surface area (Å²) in [7, 11) is 0. The van der Waals surface area contributed by atoms with Gasteiger partial charge in [0, 0.05) is 5.56 Å². The third kappa shape index (κ3) is 1.45. The van der Waals surface area contributed by atoms with Crippen LogP contribution in [0.3, 0.4) is 0 Å². The Bertz CT molecular complexity index is 343. The van der Waals surface area contributed by atoms with E-state index in [-0.39, 0.29) is 16.8 Å². The zero-order valence-corrected chi connectivity index (χ0v) is 6.12. The van der Waals surface area contributed by atoms with E-state index in [9.17, 15) is 9.30 Å². The summed E-state index contributed by atoms with van der Waals surface area (Å²) in [6, 6.07) is 5.84. The lowest BCUT2D eigenvalue weighted by molar-refractivity contribution is 0.484. The summed E-state index contributed by atoms with van der Waals surface area (Å²) >= 11 is 0. The molecular formula is C8H5FN2O. The molecule has 0 unspecified atom stereocenters. The molecule has 0 saturated carbocycles. The monoisotopic (exact) mass is 164 g/mol. The van der Waals surface area contributed by atoms with Crippen LogP contribution in [0.25, 0.3) is 0 Å². The highest BCUT2D eigenvalue weighted by atomic mass is 19.1. The molecule has 0 saturated heterocycles. The van der Waals surface area contributed by atoms with E-state index in [1.807, 2.05) is 6.07 Å². The first-order valence-corrected chi connectivity index (χ1v) is 3.24. The molecule has 1 aromatic carbocycles. The first-order chi connectivity index (χ1) is 5.81. The maximum Gasteiger partial charge on any atom is 0.116 e. The average molecular weight is 164 g/mol. The van der Waals surface area contributed by atoms with Gasteiger partial charge in [-0.05, 0) is 23.4 Å². The van der Waals surface area contributed by atoms with Crippen LogP contribution in [0.15, 0.2) is 23.4 Å². The fourth-order valence-corrected chi connectivity index (χ4v) is 0.857. The van der Waals surface area contributed by atoms with Crippen molar-refractivity contribution in [3.8, 4) is 6.07 Å². The predicted molar refractivity (Wildman–Crippen MR) is 41.4 cm³/mol. The fraction of sp³-hybridized carbons (Fsp3) is 0.125. The summed E-state index contributed by atoms with van der Waals surface area (Å²) in [5.41, 5.74) is 0.584. The lowest BCUT2D eigenvalue weighted by Crippen LogP contribution is -1.84. The molecule has 0 radical (unpaired) electrons. The number of halogens is 1. The number of hydrogen-bond donors (Lipinski definition) is 0. The van der Waals surface area contributed by atoms with Crippen molar-refractivity contribution in [2.45, 2.75) is 6.67 Å². The Morgan fingerprint density at radius 2 is 2.33 bits per heavy atom. The molecule has 1 aromatic rings. The van der Waals surface area contributed by atoms with E-state index in [2.05, 4.69) is 5.18 Å². The zero-order chi connectivity index (χ0) is 8.97. The van der Waals surface area contributed by atoms with Crippen molar-refractivity contribution >= 4 is 5.69 Å². The second-order valence-corrected chi connectivity index (χ2v) is 2.18. The second kappa shape index (κ2) is 3.58. The van der Waals surface area contributed by atoms with E-state index < -0.39 is 6.67 Å². The largest absolute Gasteiger partial charge is 0.246 e. The van der Waals surface area contributed by atoms with Crippen molar-refractivity contribution in [1.29, 1.82) is 5.26 Å². The molecule has 0 aliphatic rings. The van der Waals surface area contributed by atoms with Gasteiger partial charge in [0.05, 0.1) is 11.6 Å². The van der Waals surface area contributed by atoms with Gasteiger partial charge in [-0.25, -0.2) is 4.39 Å². The third-order valence-electron chi connectivity index (χ3n) is 1.46. The van der Waals surface area contributed by atoms with Crippen molar-refractivity contribution in [2.24, 2.45) is 5.18 Å². The molecule has 0 bridgehead atoms. The quantitative estimate of drug-likeness (QED) is 0.630. The van der Waals surface area contributed by atoms with Crippen LogP contribution < -0.4 is 0 Å². The summed E-state index contributed by atoms with van der Waals surface area (Å²) < 4.78 is 12.2. The van der Waals surface area contributed by atoms with Crippen molar-refractivity contribution < 1.29 is 4.39 Å². The zero-order valence-electron chi connectivity index (χ0n) is 6.12. The third-order valence-corrected chi connectivity index (χ3v) is 1.46.